The number of aliphatic hydroxyl groups excluding tert-OH is 1. The van der Waals surface area contributed by atoms with Crippen molar-refractivity contribution in [1.82, 2.24) is 19.5 Å². The number of nitrogen functional groups attached to an aromatic ring is 1. The fourth-order valence-corrected chi connectivity index (χ4v) is 2.88. The number of nitrogens with one attached hydrogen (secondary N) is 2. The van der Waals surface area contributed by atoms with Crippen molar-refractivity contribution in [2.24, 2.45) is 0 Å². The average Bonchev–Trinajstić information content (AvgIpc) is 3.08. The van der Waals surface area contributed by atoms with Crippen molar-refractivity contribution in [1.29, 1.82) is 0 Å². The van der Waals surface area contributed by atoms with E-state index in [1.807, 2.05) is 43.5 Å². The minimum atomic E-state index is -0.0963. The van der Waals surface area contributed by atoms with Crippen molar-refractivity contribution < 1.29 is 5.11 Å². The number of aryl methyl sites for hydroxylation is 2. The van der Waals surface area contributed by atoms with Crippen LogP contribution in [0.3, 0.4) is 0 Å². The first kappa shape index (κ1) is 18.9. The van der Waals surface area contributed by atoms with E-state index in [2.05, 4.69) is 25.6 Å². The van der Waals surface area contributed by atoms with Gasteiger partial charge in [-0.1, -0.05) is 19.1 Å². The van der Waals surface area contributed by atoms with Gasteiger partial charge in [0, 0.05) is 18.8 Å². The number of nitrogens with two attached hydrogens (primary N) is 1. The van der Waals surface area contributed by atoms with E-state index in [0.29, 0.717) is 23.8 Å². The average molecular weight is 369 g/mol. The summed E-state index contributed by atoms with van der Waals surface area (Å²) in [5.74, 6) is 1.11. The zero-order chi connectivity index (χ0) is 19.4. The highest BCUT2D eigenvalue weighted by molar-refractivity contribution is 5.84. The molecule has 0 spiro atoms. The van der Waals surface area contributed by atoms with Crippen LogP contribution < -0.4 is 16.4 Å². The van der Waals surface area contributed by atoms with E-state index >= 15 is 0 Å². The lowest BCUT2D eigenvalue weighted by molar-refractivity contribution is 0.271. The largest absolute Gasteiger partial charge is 0.398 e. The van der Waals surface area contributed by atoms with Crippen LogP contribution >= 0.6 is 0 Å². The molecule has 3 rings (SSSR count). The number of fused-ring (bicyclic) bond motifs is 1. The predicted molar refractivity (Wildman–Crippen MR) is 109 cm³/mol. The Labute approximate surface area is 158 Å². The van der Waals surface area contributed by atoms with Gasteiger partial charge < -0.3 is 26.0 Å². The van der Waals surface area contributed by atoms with Gasteiger partial charge in [0.2, 0.25) is 5.95 Å². The molecule has 0 fully saturated rings. The first-order valence-corrected chi connectivity index (χ1v) is 9.24. The Kier molecular flexibility index (Phi) is 5.75. The summed E-state index contributed by atoms with van der Waals surface area (Å²) in [7, 11) is 0. The number of hydrogen-bond donors (Lipinski definition) is 4. The third-order valence-corrected chi connectivity index (χ3v) is 4.60. The van der Waals surface area contributed by atoms with Gasteiger partial charge in [-0.2, -0.15) is 9.97 Å². The second-order valence-electron chi connectivity index (χ2n) is 6.59. The zero-order valence-corrected chi connectivity index (χ0v) is 16.0. The van der Waals surface area contributed by atoms with E-state index in [-0.39, 0.29) is 12.6 Å². The molecule has 2 aromatic heterocycles. The Morgan fingerprint density at radius 3 is 2.74 bits per heavy atom. The van der Waals surface area contributed by atoms with Crippen LogP contribution in [0.25, 0.3) is 11.2 Å². The lowest BCUT2D eigenvalue weighted by atomic mass is 10.1. The molecule has 5 N–H and O–H groups in total. The van der Waals surface area contributed by atoms with Gasteiger partial charge >= 0.3 is 0 Å². The van der Waals surface area contributed by atoms with Crippen molar-refractivity contribution in [2.75, 3.05) is 23.0 Å². The summed E-state index contributed by atoms with van der Waals surface area (Å²) in [6, 6.07) is 5.91. The van der Waals surface area contributed by atoms with Crippen LogP contribution in [0.5, 0.6) is 0 Å². The topological polar surface area (TPSA) is 114 Å². The smallest absolute Gasteiger partial charge is 0.227 e. The van der Waals surface area contributed by atoms with Gasteiger partial charge in [0.25, 0.3) is 0 Å². The fraction of sp³-hybridized carbons (Fsp3) is 0.421. The first-order valence-electron chi connectivity index (χ1n) is 9.24. The molecule has 0 aliphatic carbocycles. The van der Waals surface area contributed by atoms with Crippen LogP contribution in [-0.2, 0) is 13.1 Å². The lowest BCUT2D eigenvalue weighted by Gasteiger charge is -2.16. The molecule has 1 aromatic carbocycles. The summed E-state index contributed by atoms with van der Waals surface area (Å²) in [6.07, 6.45) is 2.53. The molecule has 0 amide bonds. The predicted octanol–water partition coefficient (Wildman–Crippen LogP) is 2.53. The molecule has 0 bridgehead atoms. The Morgan fingerprint density at radius 2 is 2.07 bits per heavy atom. The molecule has 1 unspecified atom stereocenters. The van der Waals surface area contributed by atoms with Crippen LogP contribution in [0.4, 0.5) is 17.5 Å². The van der Waals surface area contributed by atoms with Crippen molar-refractivity contribution >= 4 is 28.6 Å². The molecule has 0 aliphatic heterocycles. The number of rotatable bonds is 8. The highest BCUT2D eigenvalue weighted by Crippen LogP contribution is 2.23. The number of anilines is 3. The maximum atomic E-state index is 9.47. The van der Waals surface area contributed by atoms with E-state index in [4.69, 9.17) is 5.73 Å². The molecule has 27 heavy (non-hydrogen) atoms. The summed E-state index contributed by atoms with van der Waals surface area (Å²) in [6.45, 7) is 7.37. The van der Waals surface area contributed by atoms with Crippen molar-refractivity contribution in [3.8, 4) is 0 Å². The van der Waals surface area contributed by atoms with E-state index in [9.17, 15) is 5.11 Å². The van der Waals surface area contributed by atoms with Crippen LogP contribution in [0.2, 0.25) is 0 Å². The van der Waals surface area contributed by atoms with E-state index in [0.717, 1.165) is 35.4 Å². The summed E-state index contributed by atoms with van der Waals surface area (Å²) in [5.41, 5.74) is 10.5. The molecule has 0 radical (unpaired) electrons. The molecule has 0 aliphatic rings. The Balaban J connectivity index is 1.93. The summed E-state index contributed by atoms with van der Waals surface area (Å²) in [5, 5.41) is 16.0. The number of hydrogen-bond acceptors (Lipinski definition) is 7. The molecule has 0 saturated heterocycles. The Bertz CT molecular complexity index is 918. The first-order chi connectivity index (χ1) is 13.0. The summed E-state index contributed by atoms with van der Waals surface area (Å²) < 4.78 is 1.97. The molecule has 3 aromatic rings. The monoisotopic (exact) mass is 369 g/mol. The minimum Gasteiger partial charge on any atom is -0.398 e. The van der Waals surface area contributed by atoms with Gasteiger partial charge in [-0.15, -0.1) is 0 Å². The van der Waals surface area contributed by atoms with Crippen molar-refractivity contribution in [2.45, 2.75) is 46.3 Å². The highest BCUT2D eigenvalue weighted by Gasteiger charge is 2.15. The Hall–Kier alpha value is -2.87. The third-order valence-electron chi connectivity index (χ3n) is 4.60. The maximum absolute atomic E-state index is 9.47. The van der Waals surface area contributed by atoms with Gasteiger partial charge in [-0.3, -0.25) is 0 Å². The number of nitrogens with zero attached hydrogens (tertiary/aromatic N) is 4. The summed E-state index contributed by atoms with van der Waals surface area (Å²) >= 11 is 0. The quantitative estimate of drug-likeness (QED) is 0.451. The second kappa shape index (κ2) is 8.22. The van der Waals surface area contributed by atoms with Crippen LogP contribution in [0, 0.1) is 6.92 Å². The second-order valence-corrected chi connectivity index (χ2v) is 6.59. The molecule has 1 atom stereocenters. The molecule has 8 nitrogen and oxygen atoms in total. The molecule has 144 valence electrons. The molecular formula is C19H27N7O. The van der Waals surface area contributed by atoms with Crippen molar-refractivity contribution in [3.05, 3.63) is 35.7 Å². The van der Waals surface area contributed by atoms with Crippen LogP contribution in [0.1, 0.15) is 31.4 Å². The van der Waals surface area contributed by atoms with Gasteiger partial charge in [-0.25, -0.2) is 4.98 Å². The van der Waals surface area contributed by atoms with Gasteiger partial charge in [0.05, 0.1) is 19.0 Å². The normalized spacial score (nSPS) is 12.3. The van der Waals surface area contributed by atoms with E-state index < -0.39 is 0 Å². The molecule has 8 heteroatoms. The minimum absolute atomic E-state index is 0.0214. The Morgan fingerprint density at radius 1 is 1.26 bits per heavy atom. The maximum Gasteiger partial charge on any atom is 0.227 e. The number of aliphatic hydroxyl groups is 1. The lowest BCUT2D eigenvalue weighted by Crippen LogP contribution is -2.24. The van der Waals surface area contributed by atoms with Gasteiger partial charge in [-0.05, 0) is 37.5 Å². The zero-order valence-electron chi connectivity index (χ0n) is 16.0. The van der Waals surface area contributed by atoms with E-state index in [1.165, 1.54) is 0 Å². The van der Waals surface area contributed by atoms with Crippen LogP contribution in [0.15, 0.2) is 24.5 Å². The third kappa shape index (κ3) is 4.11. The number of aromatic nitrogens is 4. The summed E-state index contributed by atoms with van der Waals surface area (Å²) in [4.78, 5) is 13.6. The molecule has 2 heterocycles. The van der Waals surface area contributed by atoms with Gasteiger partial charge in [0.1, 0.15) is 0 Å². The van der Waals surface area contributed by atoms with Gasteiger partial charge in [0.15, 0.2) is 17.0 Å². The molecule has 0 saturated carbocycles. The highest BCUT2D eigenvalue weighted by atomic mass is 16.3. The van der Waals surface area contributed by atoms with Crippen molar-refractivity contribution in [3.63, 3.8) is 0 Å². The van der Waals surface area contributed by atoms with Crippen LogP contribution in [-0.4, -0.2) is 37.3 Å². The van der Waals surface area contributed by atoms with E-state index in [1.54, 1.807) is 6.33 Å². The number of imidazole rings is 1. The fourth-order valence-electron chi connectivity index (χ4n) is 2.88. The standard InChI is InChI=1S/C19H27N7O/c1-4-14(10-27)23-19-24-17(16-18(25-19)26(5-2)11-22-16)21-9-13-7-6-12(3)8-15(13)20/h6-8,11,14,27H,4-5,9-10,20H2,1-3H3,(H2,21,23,24,25). The molecular weight excluding hydrogens is 342 g/mol. The number of benzene rings is 1. The SMILES string of the molecule is CCC(CO)Nc1nc(NCc2ccc(C)cc2N)c2ncn(CC)c2n1.